The zero-order chi connectivity index (χ0) is 34.7. The van der Waals surface area contributed by atoms with Gasteiger partial charge in [-0.2, -0.15) is 13.2 Å². The maximum absolute atomic E-state index is 13.7. The van der Waals surface area contributed by atoms with Gasteiger partial charge in [0.25, 0.3) is 5.91 Å². The van der Waals surface area contributed by atoms with E-state index in [2.05, 4.69) is 15.3 Å². The van der Waals surface area contributed by atoms with Crippen molar-refractivity contribution in [2.75, 3.05) is 25.0 Å². The fourth-order valence-corrected chi connectivity index (χ4v) is 4.84. The average molecular weight is 656 g/mol. The number of carboxylic acids is 1. The molecule has 250 valence electrons. The lowest BCUT2D eigenvalue weighted by molar-refractivity contribution is -0.137. The second kappa shape index (κ2) is 13.7. The molecule has 11 nitrogen and oxygen atoms in total. The Hall–Kier alpha value is -5.14. The third kappa shape index (κ3) is 8.77. The second-order valence-corrected chi connectivity index (χ2v) is 12.1. The highest BCUT2D eigenvalue weighted by Gasteiger charge is 2.33. The van der Waals surface area contributed by atoms with E-state index < -0.39 is 41.4 Å². The normalized spacial score (nSPS) is 14.3. The molecule has 0 aliphatic carbocycles. The van der Waals surface area contributed by atoms with E-state index >= 15 is 0 Å². The van der Waals surface area contributed by atoms with Gasteiger partial charge in [-0.15, -0.1) is 0 Å². The lowest BCUT2D eigenvalue weighted by atomic mass is 10.0. The summed E-state index contributed by atoms with van der Waals surface area (Å²) in [4.78, 5) is 49.7. The Balaban J connectivity index is 1.68. The fraction of sp³-hybridized carbons (Fsp3) is 0.364. The molecule has 3 heterocycles. The standard InChI is InChI=1S/C33H36F3N5O6/c1-19-8-7-10-38-28(19)39-29(42)23-16-24(30(43)44)26(14-20(23)2)46-27(25-15-22(9-11-37-25)33(34,35)36)18-40-12-13-41(21(3)17-40)31(45)47-32(4,5)6/h7-11,14-17,27H,12-13,18H2,1-6H3,(H,43,44)(H,38,39,42). The van der Waals surface area contributed by atoms with Gasteiger partial charge in [-0.05, 0) is 83.0 Å². The van der Waals surface area contributed by atoms with Crippen LogP contribution in [0.4, 0.5) is 23.8 Å². The van der Waals surface area contributed by atoms with E-state index in [0.717, 1.165) is 24.4 Å². The van der Waals surface area contributed by atoms with Crippen LogP contribution in [0.5, 0.6) is 5.75 Å². The number of ether oxygens (including phenoxy) is 2. The van der Waals surface area contributed by atoms with Crippen molar-refractivity contribution in [3.8, 4) is 5.75 Å². The number of aromatic nitrogens is 2. The van der Waals surface area contributed by atoms with Crippen molar-refractivity contribution >= 4 is 23.8 Å². The monoisotopic (exact) mass is 655 g/mol. The van der Waals surface area contributed by atoms with Gasteiger partial charge in [0.2, 0.25) is 0 Å². The van der Waals surface area contributed by atoms with Gasteiger partial charge in [-0.1, -0.05) is 6.07 Å². The molecule has 0 radical (unpaired) electrons. The minimum absolute atomic E-state index is 0.0466. The highest BCUT2D eigenvalue weighted by molar-refractivity contribution is 6.07. The molecule has 2 N–H and O–H groups in total. The van der Waals surface area contributed by atoms with Crippen LogP contribution >= 0.6 is 0 Å². The molecule has 14 heteroatoms. The molecular weight excluding hydrogens is 619 g/mol. The summed E-state index contributed by atoms with van der Waals surface area (Å²) in [5, 5.41) is 12.8. The summed E-state index contributed by atoms with van der Waals surface area (Å²) in [7, 11) is 0. The molecule has 1 aliphatic rings. The number of amides is 2. The number of carboxylic acid groups (broad SMARTS) is 1. The minimum Gasteiger partial charge on any atom is -0.481 e. The van der Waals surface area contributed by atoms with Crippen LogP contribution in [-0.2, 0) is 10.9 Å². The number of carbonyl (C=O) groups excluding carboxylic acids is 2. The van der Waals surface area contributed by atoms with Crippen molar-refractivity contribution in [1.82, 2.24) is 19.8 Å². The van der Waals surface area contributed by atoms with Crippen molar-refractivity contribution in [1.29, 1.82) is 0 Å². The van der Waals surface area contributed by atoms with E-state index in [1.54, 1.807) is 64.8 Å². The first-order valence-electron chi connectivity index (χ1n) is 14.7. The Bertz CT molecular complexity index is 1700. The van der Waals surface area contributed by atoms with Gasteiger partial charge in [0.05, 0.1) is 17.8 Å². The molecule has 0 fully saturated rings. The maximum atomic E-state index is 13.7. The summed E-state index contributed by atoms with van der Waals surface area (Å²) in [6.07, 6.45) is -2.24. The van der Waals surface area contributed by atoms with Crippen LogP contribution in [-0.4, -0.2) is 68.1 Å². The zero-order valence-electron chi connectivity index (χ0n) is 26.8. The number of aryl methyl sites for hydroxylation is 2. The Morgan fingerprint density at radius 2 is 1.70 bits per heavy atom. The molecule has 0 bridgehead atoms. The molecule has 2 amide bonds. The van der Waals surface area contributed by atoms with Gasteiger partial charge in [0, 0.05) is 42.9 Å². The first kappa shape index (κ1) is 34.7. The van der Waals surface area contributed by atoms with Crippen molar-refractivity contribution < 1.29 is 42.1 Å². The van der Waals surface area contributed by atoms with Crippen molar-refractivity contribution in [2.24, 2.45) is 0 Å². The second-order valence-electron chi connectivity index (χ2n) is 12.1. The van der Waals surface area contributed by atoms with E-state index in [0.29, 0.717) is 22.6 Å². The van der Waals surface area contributed by atoms with E-state index in [-0.39, 0.29) is 42.2 Å². The first-order valence-corrected chi connectivity index (χ1v) is 14.7. The molecule has 2 aromatic heterocycles. The van der Waals surface area contributed by atoms with Crippen LogP contribution in [0.3, 0.4) is 0 Å². The Morgan fingerprint density at radius 3 is 2.32 bits per heavy atom. The molecule has 3 aromatic rings. The third-order valence-corrected chi connectivity index (χ3v) is 7.17. The quantitative estimate of drug-likeness (QED) is 0.275. The molecular formula is C33H36F3N5O6. The van der Waals surface area contributed by atoms with Gasteiger partial charge < -0.3 is 24.8 Å². The van der Waals surface area contributed by atoms with Gasteiger partial charge in [0.15, 0.2) is 6.10 Å². The number of hydrogen-bond acceptors (Lipinski definition) is 8. The number of nitrogens with zero attached hydrogens (tertiary/aromatic N) is 4. The number of rotatable bonds is 8. The SMILES string of the molecule is CC1=CN(CC(Oc2cc(C)c(C(=O)Nc3ncccc3C)cc2C(=O)O)c2cc(C(F)(F)F)ccn2)CCN1C(=O)OC(C)(C)C. The third-order valence-electron chi connectivity index (χ3n) is 7.17. The summed E-state index contributed by atoms with van der Waals surface area (Å²) in [6.45, 7) is 10.7. The topological polar surface area (TPSA) is 134 Å². The number of halogens is 3. The number of allylic oxidation sites excluding steroid dienone is 1. The average Bonchev–Trinajstić information content (AvgIpc) is 2.96. The van der Waals surface area contributed by atoms with Crippen molar-refractivity contribution in [3.05, 3.63) is 94.2 Å². The predicted molar refractivity (Wildman–Crippen MR) is 166 cm³/mol. The van der Waals surface area contributed by atoms with Crippen LogP contribution in [0.15, 0.2) is 60.7 Å². The first-order chi connectivity index (χ1) is 21.9. The summed E-state index contributed by atoms with van der Waals surface area (Å²) >= 11 is 0. The van der Waals surface area contributed by atoms with Crippen LogP contribution in [0.1, 0.15) is 76.9 Å². The Kier molecular flexibility index (Phi) is 10.1. The Morgan fingerprint density at radius 1 is 0.979 bits per heavy atom. The highest BCUT2D eigenvalue weighted by Crippen LogP contribution is 2.34. The van der Waals surface area contributed by atoms with Crippen LogP contribution < -0.4 is 10.1 Å². The number of benzene rings is 1. The van der Waals surface area contributed by atoms with Gasteiger partial charge in [-0.3, -0.25) is 14.7 Å². The fourth-order valence-electron chi connectivity index (χ4n) is 4.84. The van der Waals surface area contributed by atoms with Crippen molar-refractivity contribution in [2.45, 2.75) is 59.4 Å². The molecule has 1 unspecified atom stereocenters. The maximum Gasteiger partial charge on any atom is 0.416 e. The molecule has 4 rings (SSSR count). The van der Waals surface area contributed by atoms with E-state index in [1.807, 2.05) is 0 Å². The summed E-state index contributed by atoms with van der Waals surface area (Å²) < 4.78 is 52.6. The largest absolute Gasteiger partial charge is 0.481 e. The van der Waals surface area contributed by atoms with Gasteiger partial charge in [-0.25, -0.2) is 14.6 Å². The number of aromatic carboxylic acids is 1. The highest BCUT2D eigenvalue weighted by atomic mass is 19.4. The number of anilines is 1. The van der Waals surface area contributed by atoms with Crippen LogP contribution in [0.25, 0.3) is 0 Å². The smallest absolute Gasteiger partial charge is 0.416 e. The molecule has 0 saturated carbocycles. The van der Waals surface area contributed by atoms with E-state index in [9.17, 15) is 32.7 Å². The van der Waals surface area contributed by atoms with E-state index in [4.69, 9.17) is 9.47 Å². The van der Waals surface area contributed by atoms with Gasteiger partial charge in [0.1, 0.15) is 22.7 Å². The van der Waals surface area contributed by atoms with E-state index in [1.165, 1.54) is 17.2 Å². The molecule has 1 aromatic carbocycles. The Labute approximate surface area is 270 Å². The number of hydrogen-bond donors (Lipinski definition) is 2. The predicted octanol–water partition coefficient (Wildman–Crippen LogP) is 6.60. The molecule has 0 spiro atoms. The van der Waals surface area contributed by atoms with Crippen LogP contribution in [0.2, 0.25) is 0 Å². The number of carbonyl (C=O) groups is 3. The zero-order valence-corrected chi connectivity index (χ0v) is 26.8. The summed E-state index contributed by atoms with van der Waals surface area (Å²) in [5.74, 6) is -1.88. The number of nitrogens with one attached hydrogen (secondary N) is 1. The number of alkyl halides is 3. The molecule has 1 aliphatic heterocycles. The summed E-state index contributed by atoms with van der Waals surface area (Å²) in [6, 6.07) is 7.65. The molecule has 1 atom stereocenters. The lowest BCUT2D eigenvalue weighted by Crippen LogP contribution is -2.44. The number of pyridine rings is 2. The van der Waals surface area contributed by atoms with Crippen LogP contribution in [0, 0.1) is 13.8 Å². The van der Waals surface area contributed by atoms with Gasteiger partial charge >= 0.3 is 18.2 Å². The summed E-state index contributed by atoms with van der Waals surface area (Å²) in [5.41, 5.74) is -0.510. The molecule has 0 saturated heterocycles. The van der Waals surface area contributed by atoms with Crippen molar-refractivity contribution in [3.63, 3.8) is 0 Å². The lowest BCUT2D eigenvalue weighted by Gasteiger charge is -2.36. The minimum atomic E-state index is -4.67. The molecule has 47 heavy (non-hydrogen) atoms.